The summed E-state index contributed by atoms with van der Waals surface area (Å²) < 4.78 is 5.72. The summed E-state index contributed by atoms with van der Waals surface area (Å²) in [4.78, 5) is 31.5. The number of amides is 2. The molecule has 1 aliphatic rings. The van der Waals surface area contributed by atoms with Crippen molar-refractivity contribution in [3.63, 3.8) is 0 Å². The highest BCUT2D eigenvalue weighted by Crippen LogP contribution is 2.36. The Kier molecular flexibility index (Phi) is 4.84. The number of hydrogen-bond donors (Lipinski definition) is 1. The van der Waals surface area contributed by atoms with Gasteiger partial charge in [0.05, 0.1) is 11.4 Å². The van der Waals surface area contributed by atoms with Crippen LogP contribution < -0.4 is 15.0 Å². The second-order valence-electron chi connectivity index (χ2n) is 7.37. The first-order valence-corrected chi connectivity index (χ1v) is 10.1. The van der Waals surface area contributed by atoms with E-state index < -0.39 is 5.54 Å². The van der Waals surface area contributed by atoms with Crippen LogP contribution in [0.1, 0.15) is 19.5 Å². The number of aromatic nitrogens is 1. The minimum atomic E-state index is -1.01. The second kappa shape index (κ2) is 7.33. The van der Waals surface area contributed by atoms with Crippen molar-refractivity contribution < 1.29 is 14.3 Å². The molecule has 0 atom stereocenters. The molecule has 0 aliphatic carbocycles. The molecule has 3 aromatic rings. The highest BCUT2D eigenvalue weighted by Gasteiger charge is 2.43. The summed E-state index contributed by atoms with van der Waals surface area (Å²) in [6.45, 7) is 5.24. The van der Waals surface area contributed by atoms with Gasteiger partial charge >= 0.3 is 0 Å². The van der Waals surface area contributed by atoms with Gasteiger partial charge in [-0.25, -0.2) is 4.98 Å². The van der Waals surface area contributed by atoms with E-state index in [0.717, 1.165) is 16.3 Å². The Bertz CT molecular complexity index is 1070. The van der Waals surface area contributed by atoms with Gasteiger partial charge in [-0.05, 0) is 57.2 Å². The van der Waals surface area contributed by atoms with E-state index in [9.17, 15) is 9.59 Å². The smallest absolute Gasteiger partial charge is 0.265 e. The number of aryl methyl sites for hydroxylation is 1. The number of carbonyl (C=O) groups is 2. The van der Waals surface area contributed by atoms with E-state index in [1.807, 2.05) is 54.8 Å². The van der Waals surface area contributed by atoms with Crippen LogP contribution in [0.2, 0.25) is 0 Å². The summed E-state index contributed by atoms with van der Waals surface area (Å²) in [6.07, 6.45) is 0. The topological polar surface area (TPSA) is 71.5 Å². The number of nitrogens with one attached hydrogen (secondary N) is 1. The van der Waals surface area contributed by atoms with Gasteiger partial charge in [-0.3, -0.25) is 14.5 Å². The zero-order chi connectivity index (χ0) is 20.6. The lowest BCUT2D eigenvalue weighted by molar-refractivity contribution is -0.127. The lowest BCUT2D eigenvalue weighted by atomic mass is 9.96. The SMILES string of the molecule is Cc1csc(-c2ccc(OCC(=O)N3c4ccccc4NC(=O)C3(C)C)cc2)n1. The van der Waals surface area contributed by atoms with Gasteiger partial charge in [0, 0.05) is 16.6 Å². The van der Waals surface area contributed by atoms with E-state index in [0.29, 0.717) is 17.1 Å². The molecule has 2 heterocycles. The molecular formula is C22H21N3O3S. The van der Waals surface area contributed by atoms with E-state index in [-0.39, 0.29) is 18.4 Å². The maximum Gasteiger partial charge on any atom is 0.265 e. The van der Waals surface area contributed by atoms with Gasteiger partial charge in [0.2, 0.25) is 5.91 Å². The molecule has 2 amide bonds. The summed E-state index contributed by atoms with van der Waals surface area (Å²) >= 11 is 1.59. The third kappa shape index (κ3) is 3.61. The van der Waals surface area contributed by atoms with Crippen molar-refractivity contribution in [2.45, 2.75) is 26.3 Å². The van der Waals surface area contributed by atoms with E-state index in [1.54, 1.807) is 31.3 Å². The number of nitrogens with zero attached hydrogens (tertiary/aromatic N) is 2. The lowest BCUT2D eigenvalue weighted by Crippen LogP contribution is -2.59. The Morgan fingerprint density at radius 1 is 1.17 bits per heavy atom. The van der Waals surface area contributed by atoms with Crippen LogP contribution in [0.3, 0.4) is 0 Å². The summed E-state index contributed by atoms with van der Waals surface area (Å²) in [7, 11) is 0. The Hall–Kier alpha value is -3.19. The van der Waals surface area contributed by atoms with Crippen LogP contribution >= 0.6 is 11.3 Å². The molecular weight excluding hydrogens is 386 g/mol. The molecule has 0 spiro atoms. The summed E-state index contributed by atoms with van der Waals surface area (Å²) in [5, 5.41) is 5.81. The van der Waals surface area contributed by atoms with Gasteiger partial charge in [0.25, 0.3) is 5.91 Å². The number of benzene rings is 2. The number of thiazole rings is 1. The Morgan fingerprint density at radius 2 is 1.90 bits per heavy atom. The average Bonchev–Trinajstić information content (AvgIpc) is 3.14. The second-order valence-corrected chi connectivity index (χ2v) is 8.22. The molecule has 6 nitrogen and oxygen atoms in total. The van der Waals surface area contributed by atoms with Gasteiger partial charge in [0.15, 0.2) is 6.61 Å². The molecule has 29 heavy (non-hydrogen) atoms. The van der Waals surface area contributed by atoms with Crippen molar-refractivity contribution in [3.8, 4) is 16.3 Å². The molecule has 2 aromatic carbocycles. The van der Waals surface area contributed by atoms with Crippen LogP contribution in [-0.2, 0) is 9.59 Å². The normalized spacial score (nSPS) is 14.9. The quantitative estimate of drug-likeness (QED) is 0.701. The highest BCUT2D eigenvalue weighted by molar-refractivity contribution is 7.13. The fourth-order valence-corrected chi connectivity index (χ4v) is 4.09. The Labute approximate surface area is 173 Å². The fourth-order valence-electron chi connectivity index (χ4n) is 3.29. The summed E-state index contributed by atoms with van der Waals surface area (Å²) in [5.41, 5.74) is 2.27. The van der Waals surface area contributed by atoms with Crippen molar-refractivity contribution in [3.05, 3.63) is 59.6 Å². The monoisotopic (exact) mass is 407 g/mol. The molecule has 1 aromatic heterocycles. The molecule has 1 aliphatic heterocycles. The minimum absolute atomic E-state index is 0.166. The van der Waals surface area contributed by atoms with Crippen LogP contribution in [-0.4, -0.2) is 28.9 Å². The van der Waals surface area contributed by atoms with Crippen LogP contribution in [0, 0.1) is 6.92 Å². The highest BCUT2D eigenvalue weighted by atomic mass is 32.1. The van der Waals surface area contributed by atoms with Crippen molar-refractivity contribution in [2.24, 2.45) is 0 Å². The number of anilines is 2. The average molecular weight is 407 g/mol. The van der Waals surface area contributed by atoms with Gasteiger partial charge in [-0.1, -0.05) is 12.1 Å². The van der Waals surface area contributed by atoms with Gasteiger partial charge in [-0.2, -0.15) is 0 Å². The molecule has 0 fully saturated rings. The number of rotatable bonds is 4. The van der Waals surface area contributed by atoms with E-state index >= 15 is 0 Å². The molecule has 148 valence electrons. The van der Waals surface area contributed by atoms with Crippen molar-refractivity contribution >= 4 is 34.5 Å². The van der Waals surface area contributed by atoms with Crippen LogP contribution in [0.5, 0.6) is 5.75 Å². The third-order valence-electron chi connectivity index (χ3n) is 4.84. The zero-order valence-electron chi connectivity index (χ0n) is 16.4. The largest absolute Gasteiger partial charge is 0.484 e. The van der Waals surface area contributed by atoms with E-state index in [2.05, 4.69) is 10.3 Å². The summed E-state index contributed by atoms with van der Waals surface area (Å²) in [6, 6.07) is 14.7. The van der Waals surface area contributed by atoms with Crippen molar-refractivity contribution in [1.29, 1.82) is 0 Å². The molecule has 4 rings (SSSR count). The predicted molar refractivity (Wildman–Crippen MR) is 114 cm³/mol. The first-order chi connectivity index (χ1) is 13.9. The Morgan fingerprint density at radius 3 is 2.59 bits per heavy atom. The molecule has 0 radical (unpaired) electrons. The standard InChI is InChI=1S/C22H21N3O3S/c1-14-13-29-20(23-14)15-8-10-16(11-9-15)28-12-19(26)25-18-7-5-4-6-17(18)24-21(27)22(25,2)3/h4-11,13H,12H2,1-3H3,(H,24,27). The molecule has 0 unspecified atom stereocenters. The molecule has 0 bridgehead atoms. The zero-order valence-corrected chi connectivity index (χ0v) is 17.2. The number of fused-ring (bicyclic) bond motifs is 1. The fraction of sp³-hybridized carbons (Fsp3) is 0.227. The van der Waals surface area contributed by atoms with Gasteiger partial charge in [-0.15, -0.1) is 11.3 Å². The number of hydrogen-bond acceptors (Lipinski definition) is 5. The van der Waals surface area contributed by atoms with Crippen LogP contribution in [0.25, 0.3) is 10.6 Å². The molecule has 0 saturated carbocycles. The molecule has 7 heteroatoms. The van der Waals surface area contributed by atoms with Crippen molar-refractivity contribution in [2.75, 3.05) is 16.8 Å². The maximum atomic E-state index is 13.0. The summed E-state index contributed by atoms with van der Waals surface area (Å²) in [5.74, 6) is 0.0764. The Balaban J connectivity index is 1.50. The van der Waals surface area contributed by atoms with E-state index in [1.165, 1.54) is 4.90 Å². The van der Waals surface area contributed by atoms with Crippen LogP contribution in [0.15, 0.2) is 53.9 Å². The molecule has 0 saturated heterocycles. The lowest BCUT2D eigenvalue weighted by Gasteiger charge is -2.41. The number of para-hydroxylation sites is 2. The van der Waals surface area contributed by atoms with Crippen LogP contribution in [0.4, 0.5) is 11.4 Å². The first-order valence-electron chi connectivity index (χ1n) is 9.25. The molecule has 1 N–H and O–H groups in total. The first kappa shape index (κ1) is 19.1. The number of carbonyl (C=O) groups excluding carboxylic acids is 2. The van der Waals surface area contributed by atoms with Crippen molar-refractivity contribution in [1.82, 2.24) is 4.98 Å². The van der Waals surface area contributed by atoms with Gasteiger partial charge < -0.3 is 10.1 Å². The minimum Gasteiger partial charge on any atom is -0.484 e. The third-order valence-corrected chi connectivity index (χ3v) is 5.85. The maximum absolute atomic E-state index is 13.0. The number of ether oxygens (including phenoxy) is 1. The van der Waals surface area contributed by atoms with E-state index in [4.69, 9.17) is 4.74 Å². The predicted octanol–water partition coefficient (Wildman–Crippen LogP) is 4.26. The van der Waals surface area contributed by atoms with Gasteiger partial charge in [0.1, 0.15) is 16.3 Å².